The van der Waals surface area contributed by atoms with Crippen LogP contribution in [0.15, 0.2) is 23.3 Å². The van der Waals surface area contributed by atoms with Crippen LogP contribution in [0.3, 0.4) is 0 Å². The Balaban J connectivity index is 3.30. The van der Waals surface area contributed by atoms with E-state index in [9.17, 15) is 39.9 Å². The number of aliphatic hydroxyl groups excluding tert-OH is 5. The first-order valence-corrected chi connectivity index (χ1v) is 18.7. The molecule has 5 N–H and O–H groups in total. The molecule has 1 aliphatic rings. The van der Waals surface area contributed by atoms with E-state index in [0.29, 0.717) is 44.9 Å². The van der Waals surface area contributed by atoms with Gasteiger partial charge in [-0.2, -0.15) is 0 Å². The summed E-state index contributed by atoms with van der Waals surface area (Å²) in [5.41, 5.74) is 1.90. The Kier molecular flexibility index (Phi) is 22.0. The van der Waals surface area contributed by atoms with E-state index >= 15 is 0 Å². The number of rotatable bonds is 7. The molecule has 11 nitrogen and oxygen atoms in total. The highest BCUT2D eigenvalue weighted by Crippen LogP contribution is 2.27. The highest BCUT2D eigenvalue weighted by Gasteiger charge is 2.34. The fourth-order valence-corrected chi connectivity index (χ4v) is 6.56. The van der Waals surface area contributed by atoms with Gasteiger partial charge in [-0.25, -0.2) is 0 Å². The molecular weight excluding hydrogens is 644 g/mol. The van der Waals surface area contributed by atoms with Gasteiger partial charge in [0.2, 0.25) is 0 Å². The van der Waals surface area contributed by atoms with Crippen molar-refractivity contribution in [2.75, 3.05) is 0 Å². The lowest BCUT2D eigenvalue weighted by Crippen LogP contribution is -2.39. The van der Waals surface area contributed by atoms with E-state index < -0.39 is 72.4 Å². The molecule has 0 aromatic carbocycles. The summed E-state index contributed by atoms with van der Waals surface area (Å²) in [6, 6.07) is 0. The lowest BCUT2D eigenvalue weighted by Gasteiger charge is -2.31. The normalized spacial score (nSPS) is 34.3. The summed E-state index contributed by atoms with van der Waals surface area (Å²) in [5, 5.41) is 54.6. The van der Waals surface area contributed by atoms with E-state index in [2.05, 4.69) is 6.08 Å². The predicted molar refractivity (Wildman–Crippen MR) is 192 cm³/mol. The van der Waals surface area contributed by atoms with Crippen LogP contribution in [0.4, 0.5) is 0 Å². The molecule has 0 fully saturated rings. The average Bonchev–Trinajstić information content (AvgIpc) is 3.02. The molecule has 0 unspecified atom stereocenters. The van der Waals surface area contributed by atoms with Crippen molar-refractivity contribution in [1.29, 1.82) is 0 Å². The van der Waals surface area contributed by atoms with Gasteiger partial charge in [-0.3, -0.25) is 14.4 Å². The Morgan fingerprint density at radius 3 is 2.14 bits per heavy atom. The molecule has 0 aromatic heterocycles. The summed E-state index contributed by atoms with van der Waals surface area (Å²) in [5.74, 6) is -3.43. The molecule has 0 spiro atoms. The molecule has 1 rings (SSSR count). The van der Waals surface area contributed by atoms with Gasteiger partial charge >= 0.3 is 17.9 Å². The monoisotopic (exact) mass is 712 g/mol. The average molecular weight is 713 g/mol. The highest BCUT2D eigenvalue weighted by atomic mass is 16.6. The van der Waals surface area contributed by atoms with Crippen LogP contribution in [0.1, 0.15) is 139 Å². The number of carbonyl (C=O) groups excluding carboxylic acids is 3. The standard InChI is InChI=1S/C39H68O11/c1-9-12-34(48-29(7)40)19-25(3)20-37-27(5)36(45)23-31(42)14-11-10-13-24(2)15-17-32(43)21-35(49-30(8)41)22-33(44)18-16-26(4)38(46)28(6)39(47)50-37/h13,20,26-28,31-38,42-46H,9-12,14-19,21-23H2,1-8H3/b24-13-,25-20+/t26-,27+,28+,31-,32+,33+,34-,35+,36+,37-,38+/m1/s1. The van der Waals surface area contributed by atoms with Crippen LogP contribution in [-0.2, 0) is 28.6 Å². The maximum Gasteiger partial charge on any atom is 0.311 e. The first kappa shape index (κ1) is 45.7. The first-order chi connectivity index (χ1) is 23.4. The zero-order valence-electron chi connectivity index (χ0n) is 31.9. The predicted octanol–water partition coefficient (Wildman–Crippen LogP) is 5.47. The number of allylic oxidation sites excluding steroid dienone is 2. The number of carbonyl (C=O) groups is 3. The number of aliphatic hydroxyl groups is 5. The minimum absolute atomic E-state index is 0.0872. The molecule has 50 heavy (non-hydrogen) atoms. The van der Waals surface area contributed by atoms with Crippen LogP contribution >= 0.6 is 0 Å². The number of cyclic esters (lactones) is 1. The fraction of sp³-hybridized carbons (Fsp3) is 0.821. The molecule has 0 amide bonds. The van der Waals surface area contributed by atoms with Crippen molar-refractivity contribution < 1.29 is 54.1 Å². The van der Waals surface area contributed by atoms with Crippen LogP contribution in [0.25, 0.3) is 0 Å². The maximum atomic E-state index is 13.5. The lowest BCUT2D eigenvalue weighted by atomic mass is 9.87. The topological polar surface area (TPSA) is 180 Å². The molecule has 0 aliphatic carbocycles. The minimum atomic E-state index is -1.09. The third-order valence-electron chi connectivity index (χ3n) is 9.76. The second-order valence-corrected chi connectivity index (χ2v) is 14.8. The summed E-state index contributed by atoms with van der Waals surface area (Å²) < 4.78 is 16.9. The lowest BCUT2D eigenvalue weighted by molar-refractivity contribution is -0.160. The highest BCUT2D eigenvalue weighted by molar-refractivity contribution is 5.73. The summed E-state index contributed by atoms with van der Waals surface area (Å²) >= 11 is 0. The summed E-state index contributed by atoms with van der Waals surface area (Å²) in [7, 11) is 0. The van der Waals surface area contributed by atoms with Crippen molar-refractivity contribution in [1.82, 2.24) is 0 Å². The number of esters is 3. The smallest absolute Gasteiger partial charge is 0.311 e. The molecule has 1 aliphatic heterocycles. The van der Waals surface area contributed by atoms with E-state index in [-0.39, 0.29) is 37.8 Å². The van der Waals surface area contributed by atoms with Gasteiger partial charge in [0.25, 0.3) is 0 Å². The van der Waals surface area contributed by atoms with Gasteiger partial charge in [0.15, 0.2) is 0 Å². The van der Waals surface area contributed by atoms with Crippen molar-refractivity contribution in [3.8, 4) is 0 Å². The molecule has 290 valence electrons. The molecular formula is C39H68O11. The van der Waals surface area contributed by atoms with Crippen LogP contribution in [0.5, 0.6) is 0 Å². The third kappa shape index (κ3) is 18.8. The van der Waals surface area contributed by atoms with Gasteiger partial charge in [-0.15, -0.1) is 0 Å². The SMILES string of the molecule is CCC[C@H](C/C(C)=C/[C@H]1OC(=O)[C@@H](C)[C@@H](O)[C@H](C)CC[C@H](O)C[C@@H](OC(C)=O)C[C@@H](O)CC/C(C)=C\CCC[C@@H](O)C[C@H](O)[C@@H]1C)OC(C)=O. The summed E-state index contributed by atoms with van der Waals surface area (Å²) in [4.78, 5) is 36.9. The van der Waals surface area contributed by atoms with E-state index in [0.717, 1.165) is 24.0 Å². The van der Waals surface area contributed by atoms with Crippen LogP contribution < -0.4 is 0 Å². The zero-order chi connectivity index (χ0) is 38.0. The van der Waals surface area contributed by atoms with E-state index in [1.54, 1.807) is 26.8 Å². The van der Waals surface area contributed by atoms with Crippen LogP contribution in [-0.4, -0.2) is 92.3 Å². The Bertz CT molecular complexity index is 1070. The first-order valence-electron chi connectivity index (χ1n) is 18.7. The van der Waals surface area contributed by atoms with E-state index in [4.69, 9.17) is 14.2 Å². The van der Waals surface area contributed by atoms with Crippen molar-refractivity contribution in [2.45, 2.75) is 188 Å². The fourth-order valence-electron chi connectivity index (χ4n) is 6.56. The maximum absolute atomic E-state index is 13.5. The molecule has 0 saturated carbocycles. The molecule has 0 aromatic rings. The second kappa shape index (κ2) is 24.0. The third-order valence-corrected chi connectivity index (χ3v) is 9.76. The van der Waals surface area contributed by atoms with Gasteiger partial charge in [0.05, 0.1) is 36.4 Å². The van der Waals surface area contributed by atoms with Gasteiger partial charge in [0, 0.05) is 39.0 Å². The number of hydrogen-bond acceptors (Lipinski definition) is 11. The summed E-state index contributed by atoms with van der Waals surface area (Å²) in [6.07, 6.45) is 3.48. The van der Waals surface area contributed by atoms with E-state index in [1.807, 2.05) is 20.8 Å². The van der Waals surface area contributed by atoms with Crippen molar-refractivity contribution in [3.05, 3.63) is 23.3 Å². The Morgan fingerprint density at radius 2 is 1.54 bits per heavy atom. The van der Waals surface area contributed by atoms with Crippen molar-refractivity contribution in [3.63, 3.8) is 0 Å². The van der Waals surface area contributed by atoms with Gasteiger partial charge in [0.1, 0.15) is 18.3 Å². The van der Waals surface area contributed by atoms with Crippen molar-refractivity contribution >= 4 is 17.9 Å². The molecule has 0 bridgehead atoms. The van der Waals surface area contributed by atoms with Gasteiger partial charge < -0.3 is 39.7 Å². The number of ether oxygens (including phenoxy) is 3. The van der Waals surface area contributed by atoms with E-state index in [1.165, 1.54) is 13.8 Å². The van der Waals surface area contributed by atoms with Gasteiger partial charge in [-0.05, 0) is 90.6 Å². The zero-order valence-corrected chi connectivity index (χ0v) is 31.9. The molecule has 0 saturated heterocycles. The molecule has 11 atom stereocenters. The number of hydrogen-bond donors (Lipinski definition) is 5. The second-order valence-electron chi connectivity index (χ2n) is 14.8. The Morgan fingerprint density at radius 1 is 0.920 bits per heavy atom. The molecule has 0 radical (unpaired) electrons. The quantitative estimate of drug-likeness (QED) is 0.128. The largest absolute Gasteiger partial charge is 0.462 e. The van der Waals surface area contributed by atoms with Crippen molar-refractivity contribution in [2.24, 2.45) is 17.8 Å². The van der Waals surface area contributed by atoms with Crippen LogP contribution in [0.2, 0.25) is 0 Å². The van der Waals surface area contributed by atoms with Crippen LogP contribution in [0, 0.1) is 17.8 Å². The minimum Gasteiger partial charge on any atom is -0.462 e. The summed E-state index contributed by atoms with van der Waals surface area (Å²) in [6.45, 7) is 13.6. The molecule has 11 heteroatoms. The Labute approximate surface area is 300 Å². The Hall–Kier alpha value is -2.31. The van der Waals surface area contributed by atoms with Gasteiger partial charge in [-0.1, -0.05) is 44.4 Å². The molecule has 1 heterocycles.